The van der Waals surface area contributed by atoms with Crippen LogP contribution >= 0.6 is 0 Å². The van der Waals surface area contributed by atoms with Gasteiger partial charge in [0.15, 0.2) is 5.69 Å². The maximum Gasteiger partial charge on any atom is 0.211 e. The van der Waals surface area contributed by atoms with E-state index in [-0.39, 0.29) is 11.4 Å². The van der Waals surface area contributed by atoms with E-state index in [9.17, 15) is 5.41 Å². The number of rotatable bonds is 3. The molecule has 9 nitrogen and oxygen atoms in total. The first-order valence-corrected chi connectivity index (χ1v) is 9.16. The summed E-state index contributed by atoms with van der Waals surface area (Å²) in [5, 5.41) is 34.0. The minimum Gasteiger partial charge on any atom is -0.763 e. The maximum absolute atomic E-state index is 9.65. The van der Waals surface area contributed by atoms with Crippen molar-refractivity contribution >= 4 is 28.8 Å². The zero-order chi connectivity index (χ0) is 20.5. The first kappa shape index (κ1) is 17.6. The molecule has 30 heavy (non-hydrogen) atoms. The lowest BCUT2D eigenvalue weighted by molar-refractivity contribution is 0.809. The number of aryl methyl sites for hydroxylation is 1. The minimum atomic E-state index is 0.158. The van der Waals surface area contributed by atoms with Crippen molar-refractivity contribution in [1.82, 2.24) is 19.8 Å². The third-order valence-corrected chi connectivity index (χ3v) is 4.55. The second-order valence-electron chi connectivity index (χ2n) is 6.52. The number of fused-ring (bicyclic) bond motifs is 1. The average Bonchev–Trinajstić information content (AvgIpc) is 3.45. The Labute approximate surface area is 170 Å². The summed E-state index contributed by atoms with van der Waals surface area (Å²) in [5.41, 5.74) is 4.23. The number of nitrogens with one attached hydrogen (secondary N) is 1. The third kappa shape index (κ3) is 2.95. The van der Waals surface area contributed by atoms with Crippen LogP contribution < -0.4 is 0 Å². The molecular weight excluding hydrogens is 378 g/mol. The molecule has 4 aromatic rings. The lowest BCUT2D eigenvalue weighted by atomic mass is 10.0. The second-order valence-corrected chi connectivity index (χ2v) is 6.52. The first-order chi connectivity index (χ1) is 14.7. The molecule has 1 aliphatic rings. The van der Waals surface area contributed by atoms with Crippen LogP contribution in [0.25, 0.3) is 22.3 Å². The van der Waals surface area contributed by atoms with Gasteiger partial charge in [-0.3, -0.25) is 11.0 Å². The molecule has 0 fully saturated rings. The van der Waals surface area contributed by atoms with Crippen LogP contribution in [0.3, 0.4) is 0 Å². The predicted octanol–water partition coefficient (Wildman–Crippen LogP) is 4.10. The predicted molar refractivity (Wildman–Crippen MR) is 114 cm³/mol. The third-order valence-electron chi connectivity index (χ3n) is 4.55. The van der Waals surface area contributed by atoms with Crippen LogP contribution in [0, 0.1) is 6.92 Å². The van der Waals surface area contributed by atoms with Crippen LogP contribution in [-0.2, 0) is 0 Å². The van der Waals surface area contributed by atoms with Gasteiger partial charge in [0.1, 0.15) is 11.5 Å². The van der Waals surface area contributed by atoms with Crippen LogP contribution in [0.5, 0.6) is 0 Å². The average molecular weight is 392 g/mol. The number of nitrogens with zero attached hydrogens (tertiary/aromatic N) is 8. The molecule has 0 radical (unpaired) electrons. The highest BCUT2D eigenvalue weighted by Crippen LogP contribution is 2.33. The summed E-state index contributed by atoms with van der Waals surface area (Å²) in [7, 11) is 0. The summed E-state index contributed by atoms with van der Waals surface area (Å²) in [6, 6.07) is 19.1. The Hall–Kier alpha value is -4.49. The molecule has 0 bridgehead atoms. The summed E-state index contributed by atoms with van der Waals surface area (Å²) in [6.07, 6.45) is 0. The van der Waals surface area contributed by atoms with E-state index in [1.165, 1.54) is 0 Å². The molecule has 0 saturated heterocycles. The number of benzene rings is 2. The quantitative estimate of drug-likeness (QED) is 0.417. The van der Waals surface area contributed by atoms with Crippen molar-refractivity contribution in [3.8, 4) is 11.3 Å². The lowest BCUT2D eigenvalue weighted by Crippen LogP contribution is -2.08. The Balaban J connectivity index is 1.54. The van der Waals surface area contributed by atoms with Gasteiger partial charge in [-0.05, 0) is 6.92 Å². The van der Waals surface area contributed by atoms with Crippen LogP contribution in [0.4, 0.5) is 5.69 Å². The Kier molecular flexibility index (Phi) is 4.20. The molecule has 0 saturated carbocycles. The smallest absolute Gasteiger partial charge is 0.211 e. The first-order valence-electron chi connectivity index (χ1n) is 9.16. The number of aromatic amines is 1. The fraction of sp³-hybridized carbons (Fsp3) is 0.0476. The van der Waals surface area contributed by atoms with E-state index in [1.54, 1.807) is 11.6 Å². The standard InChI is InChI=1S/C21H14N9/c1-13-23-21-19(18(29-30(21)28-13)15-10-6-3-7-11-15)25-27-20-16(12-22)17(24-26-20)14-8-4-2-5-9-14/h2-11,29H,1H3/q-1. The van der Waals surface area contributed by atoms with Gasteiger partial charge < -0.3 is 5.41 Å². The van der Waals surface area contributed by atoms with Gasteiger partial charge >= 0.3 is 0 Å². The van der Waals surface area contributed by atoms with E-state index in [0.29, 0.717) is 22.9 Å². The molecule has 2 aromatic heterocycles. The van der Waals surface area contributed by atoms with E-state index in [0.717, 1.165) is 16.8 Å². The second kappa shape index (κ2) is 7.16. The fourth-order valence-corrected chi connectivity index (χ4v) is 3.19. The summed E-state index contributed by atoms with van der Waals surface area (Å²) >= 11 is 0. The Bertz CT molecular complexity index is 1380. The molecule has 0 spiro atoms. The van der Waals surface area contributed by atoms with Gasteiger partial charge in [0.2, 0.25) is 11.5 Å². The molecule has 0 amide bonds. The maximum atomic E-state index is 9.65. The van der Waals surface area contributed by atoms with Crippen molar-refractivity contribution in [3.63, 3.8) is 0 Å². The summed E-state index contributed by atoms with van der Waals surface area (Å²) in [4.78, 5) is 4.43. The largest absolute Gasteiger partial charge is 0.763 e. The highest BCUT2D eigenvalue weighted by molar-refractivity contribution is 6.36. The van der Waals surface area contributed by atoms with Gasteiger partial charge in [-0.25, -0.2) is 4.98 Å². The Morgan fingerprint density at radius 3 is 2.33 bits per heavy atom. The lowest BCUT2D eigenvalue weighted by Gasteiger charge is -2.02. The number of hydrogen-bond acceptors (Lipinski definition) is 6. The highest BCUT2D eigenvalue weighted by Gasteiger charge is 2.22. The van der Waals surface area contributed by atoms with E-state index >= 15 is 0 Å². The van der Waals surface area contributed by atoms with E-state index in [2.05, 4.69) is 41.5 Å². The fourth-order valence-electron chi connectivity index (χ4n) is 3.19. The van der Waals surface area contributed by atoms with Gasteiger partial charge in [0.25, 0.3) is 0 Å². The molecule has 1 N–H and O–H groups in total. The van der Waals surface area contributed by atoms with Gasteiger partial charge in [-0.1, -0.05) is 60.7 Å². The molecule has 5 rings (SSSR count). The molecule has 2 aromatic carbocycles. The SMILES string of the molecule is Cc1nc2c(N=NC3=NN=C(c4ccccc4)C3=C=[N-])c(-c3ccccc3)[nH]n2n1. The molecule has 0 atom stereocenters. The zero-order valence-electron chi connectivity index (χ0n) is 15.9. The van der Waals surface area contributed by atoms with Crippen LogP contribution in [0.2, 0.25) is 0 Å². The van der Waals surface area contributed by atoms with Crippen molar-refractivity contribution < 1.29 is 0 Å². The normalized spacial score (nSPS) is 13.7. The molecule has 9 heteroatoms. The monoisotopic (exact) mass is 392 g/mol. The van der Waals surface area contributed by atoms with Gasteiger partial charge in [-0.2, -0.15) is 4.63 Å². The summed E-state index contributed by atoms with van der Waals surface area (Å²) in [6.45, 7) is 1.80. The van der Waals surface area contributed by atoms with Crippen molar-refractivity contribution in [2.75, 3.05) is 0 Å². The molecular formula is C21H14N9-. The minimum absolute atomic E-state index is 0.158. The molecule has 0 aliphatic carbocycles. The van der Waals surface area contributed by atoms with Crippen molar-refractivity contribution in [2.45, 2.75) is 6.92 Å². The van der Waals surface area contributed by atoms with Crippen molar-refractivity contribution in [1.29, 1.82) is 0 Å². The number of H-pyrrole nitrogens is 1. The topological polar surface area (TPSA) is 118 Å². The number of hydrogen-bond donors (Lipinski definition) is 1. The van der Waals surface area contributed by atoms with E-state index in [1.807, 2.05) is 60.7 Å². The van der Waals surface area contributed by atoms with Crippen LogP contribution in [-0.4, -0.2) is 37.2 Å². The van der Waals surface area contributed by atoms with Gasteiger partial charge in [-0.15, -0.1) is 25.5 Å². The number of amidine groups is 1. The molecule has 144 valence electrons. The Morgan fingerprint density at radius 2 is 1.63 bits per heavy atom. The summed E-state index contributed by atoms with van der Waals surface area (Å²) < 4.78 is 1.56. The Morgan fingerprint density at radius 1 is 0.933 bits per heavy atom. The molecule has 0 unspecified atom stereocenters. The van der Waals surface area contributed by atoms with Crippen LogP contribution in [0.1, 0.15) is 11.4 Å². The zero-order valence-corrected chi connectivity index (χ0v) is 15.9. The summed E-state index contributed by atoms with van der Waals surface area (Å²) in [5.74, 6) is 2.90. The van der Waals surface area contributed by atoms with E-state index < -0.39 is 0 Å². The molecule has 3 heterocycles. The van der Waals surface area contributed by atoms with Gasteiger partial charge in [0.05, 0.1) is 11.3 Å². The number of azo groups is 1. The highest BCUT2D eigenvalue weighted by atomic mass is 15.5. The van der Waals surface area contributed by atoms with Crippen molar-refractivity contribution in [2.24, 2.45) is 20.4 Å². The van der Waals surface area contributed by atoms with Crippen molar-refractivity contribution in [3.05, 3.63) is 83.0 Å². The number of aromatic nitrogens is 4. The molecule has 1 aliphatic heterocycles. The van der Waals surface area contributed by atoms with Gasteiger partial charge in [0, 0.05) is 11.1 Å². The van der Waals surface area contributed by atoms with Crippen LogP contribution in [0.15, 0.2) is 86.7 Å². The van der Waals surface area contributed by atoms with E-state index in [4.69, 9.17) is 0 Å².